The van der Waals surface area contributed by atoms with Crippen LogP contribution in [-0.2, 0) is 11.2 Å². The molecule has 0 saturated heterocycles. The minimum atomic E-state index is 0.110. The van der Waals surface area contributed by atoms with E-state index in [1.807, 2.05) is 13.8 Å². The van der Waals surface area contributed by atoms with E-state index in [0.717, 1.165) is 31.6 Å². The molecule has 4 nitrogen and oxygen atoms in total. The van der Waals surface area contributed by atoms with Gasteiger partial charge in [-0.25, -0.2) is 0 Å². The van der Waals surface area contributed by atoms with Gasteiger partial charge in [-0.3, -0.25) is 4.79 Å². The predicted molar refractivity (Wildman–Crippen MR) is 95.9 cm³/mol. The number of nitrogens with one attached hydrogen (secondary N) is 1. The van der Waals surface area contributed by atoms with E-state index in [2.05, 4.69) is 23.5 Å². The van der Waals surface area contributed by atoms with Gasteiger partial charge in [0.15, 0.2) is 0 Å². The van der Waals surface area contributed by atoms with Crippen molar-refractivity contribution in [3.63, 3.8) is 0 Å². The summed E-state index contributed by atoms with van der Waals surface area (Å²) in [6.45, 7) is 5.36. The molecule has 132 valence electrons. The van der Waals surface area contributed by atoms with Crippen LogP contribution in [0.25, 0.3) is 0 Å². The molecule has 0 heterocycles. The fourth-order valence-corrected chi connectivity index (χ4v) is 4.52. The molecule has 2 aliphatic rings. The average Bonchev–Trinajstić information content (AvgIpc) is 2.89. The molecule has 0 aromatic heterocycles. The Morgan fingerprint density at radius 3 is 2.71 bits per heavy atom. The Morgan fingerprint density at radius 2 is 2.08 bits per heavy atom. The minimum absolute atomic E-state index is 0.110. The molecule has 1 atom stereocenters. The van der Waals surface area contributed by atoms with Gasteiger partial charge >= 0.3 is 0 Å². The van der Waals surface area contributed by atoms with Gasteiger partial charge in [0.1, 0.15) is 5.75 Å². The van der Waals surface area contributed by atoms with Gasteiger partial charge in [-0.05, 0) is 80.2 Å². The maximum absolute atomic E-state index is 12.2. The molecule has 1 unspecified atom stereocenters. The first-order chi connectivity index (χ1) is 11.6. The zero-order chi connectivity index (χ0) is 17.2. The first-order valence-corrected chi connectivity index (χ1v) is 9.37. The summed E-state index contributed by atoms with van der Waals surface area (Å²) in [5, 5.41) is 3.32. The van der Waals surface area contributed by atoms with E-state index in [9.17, 15) is 4.79 Å². The number of ether oxygens (including phenoxy) is 1. The number of amides is 1. The Morgan fingerprint density at radius 1 is 1.33 bits per heavy atom. The lowest BCUT2D eigenvalue weighted by Gasteiger charge is -2.42. The van der Waals surface area contributed by atoms with Crippen LogP contribution >= 0.6 is 0 Å². The van der Waals surface area contributed by atoms with E-state index in [1.54, 1.807) is 0 Å². The van der Waals surface area contributed by atoms with Crippen molar-refractivity contribution in [2.24, 2.45) is 17.1 Å². The highest BCUT2D eigenvalue weighted by Gasteiger charge is 2.48. The minimum Gasteiger partial charge on any atom is -0.494 e. The smallest absolute Gasteiger partial charge is 0.220 e. The van der Waals surface area contributed by atoms with Crippen LogP contribution in [0.3, 0.4) is 0 Å². The molecule has 0 radical (unpaired) electrons. The lowest BCUT2D eigenvalue weighted by Crippen LogP contribution is -2.41. The molecular weight excluding hydrogens is 300 g/mol. The highest BCUT2D eigenvalue weighted by molar-refractivity contribution is 5.76. The fourth-order valence-electron chi connectivity index (χ4n) is 4.52. The van der Waals surface area contributed by atoms with Crippen LogP contribution in [0.5, 0.6) is 5.75 Å². The fraction of sp³-hybridized carbons (Fsp3) is 0.650. The molecule has 2 aliphatic carbocycles. The third kappa shape index (κ3) is 3.16. The van der Waals surface area contributed by atoms with Gasteiger partial charge < -0.3 is 15.8 Å². The second-order valence-electron chi connectivity index (χ2n) is 7.37. The SMILES string of the molecule is CCOc1ccc2c(c1)C(NC(=O)CC)C1(CCC(CN)CC1)C2. The summed E-state index contributed by atoms with van der Waals surface area (Å²) < 4.78 is 5.69. The topological polar surface area (TPSA) is 64.3 Å². The Kier molecular flexibility index (Phi) is 5.14. The summed E-state index contributed by atoms with van der Waals surface area (Å²) in [6, 6.07) is 6.50. The molecule has 1 aromatic rings. The van der Waals surface area contributed by atoms with Crippen LogP contribution < -0.4 is 15.8 Å². The van der Waals surface area contributed by atoms with Crippen molar-refractivity contribution < 1.29 is 9.53 Å². The maximum atomic E-state index is 12.2. The number of hydrogen-bond donors (Lipinski definition) is 2. The number of rotatable bonds is 5. The van der Waals surface area contributed by atoms with E-state index < -0.39 is 0 Å². The quantitative estimate of drug-likeness (QED) is 0.870. The number of nitrogens with two attached hydrogens (primary N) is 1. The van der Waals surface area contributed by atoms with Crippen LogP contribution in [0, 0.1) is 11.3 Å². The summed E-state index contributed by atoms with van der Waals surface area (Å²) in [4.78, 5) is 12.2. The van der Waals surface area contributed by atoms with E-state index in [0.29, 0.717) is 18.9 Å². The Hall–Kier alpha value is -1.55. The van der Waals surface area contributed by atoms with Crippen molar-refractivity contribution in [2.45, 2.75) is 58.4 Å². The normalized spacial score (nSPS) is 28.6. The number of carbonyl (C=O) groups excluding carboxylic acids is 1. The molecule has 4 heteroatoms. The second-order valence-corrected chi connectivity index (χ2v) is 7.37. The highest BCUT2D eigenvalue weighted by atomic mass is 16.5. The molecule has 0 aliphatic heterocycles. The van der Waals surface area contributed by atoms with Crippen LogP contribution in [0.1, 0.15) is 63.1 Å². The molecule has 24 heavy (non-hydrogen) atoms. The summed E-state index contributed by atoms with van der Waals surface area (Å²) in [5.41, 5.74) is 8.66. The first-order valence-electron chi connectivity index (χ1n) is 9.37. The predicted octanol–water partition coefficient (Wildman–Crippen LogP) is 3.34. The monoisotopic (exact) mass is 330 g/mol. The standard InChI is InChI=1S/C20H30N2O2/c1-3-18(23)22-19-17-11-16(24-4-2)6-5-15(17)12-20(19)9-7-14(13-21)8-10-20/h5-6,11,14,19H,3-4,7-10,12-13,21H2,1-2H3,(H,22,23). The molecule has 1 aromatic carbocycles. The zero-order valence-electron chi connectivity index (χ0n) is 14.9. The third-order valence-corrected chi connectivity index (χ3v) is 5.95. The Bertz CT molecular complexity index is 591. The van der Waals surface area contributed by atoms with Crippen LogP contribution in [0.4, 0.5) is 0 Å². The third-order valence-electron chi connectivity index (χ3n) is 5.95. The number of carbonyl (C=O) groups is 1. The molecule has 0 bridgehead atoms. The lowest BCUT2D eigenvalue weighted by molar-refractivity contribution is -0.122. The lowest BCUT2D eigenvalue weighted by atomic mass is 9.66. The van der Waals surface area contributed by atoms with E-state index in [4.69, 9.17) is 10.5 Å². The van der Waals surface area contributed by atoms with Gasteiger partial charge in [-0.1, -0.05) is 13.0 Å². The van der Waals surface area contributed by atoms with E-state index in [1.165, 1.54) is 24.0 Å². The van der Waals surface area contributed by atoms with Gasteiger partial charge in [0.25, 0.3) is 0 Å². The molecule has 1 saturated carbocycles. The van der Waals surface area contributed by atoms with Crippen LogP contribution in [0.2, 0.25) is 0 Å². The van der Waals surface area contributed by atoms with E-state index in [-0.39, 0.29) is 17.4 Å². The number of fused-ring (bicyclic) bond motifs is 1. The molecule has 1 amide bonds. The van der Waals surface area contributed by atoms with Gasteiger partial charge in [0.05, 0.1) is 12.6 Å². The van der Waals surface area contributed by atoms with Crippen molar-refractivity contribution in [1.82, 2.24) is 5.32 Å². The van der Waals surface area contributed by atoms with Gasteiger partial charge in [0, 0.05) is 6.42 Å². The summed E-state index contributed by atoms with van der Waals surface area (Å²) in [6.07, 6.45) is 6.20. The number of benzene rings is 1. The summed E-state index contributed by atoms with van der Waals surface area (Å²) in [7, 11) is 0. The second kappa shape index (κ2) is 7.14. The molecule has 3 N–H and O–H groups in total. The highest BCUT2D eigenvalue weighted by Crippen LogP contribution is 2.55. The number of hydrogen-bond acceptors (Lipinski definition) is 3. The van der Waals surface area contributed by atoms with Crippen LogP contribution in [0.15, 0.2) is 18.2 Å². The Balaban J connectivity index is 1.91. The van der Waals surface area contributed by atoms with Crippen molar-refractivity contribution in [1.29, 1.82) is 0 Å². The van der Waals surface area contributed by atoms with Gasteiger partial charge in [-0.15, -0.1) is 0 Å². The largest absolute Gasteiger partial charge is 0.494 e. The van der Waals surface area contributed by atoms with Crippen molar-refractivity contribution >= 4 is 5.91 Å². The molecular formula is C20H30N2O2. The molecule has 1 spiro atoms. The summed E-state index contributed by atoms with van der Waals surface area (Å²) in [5.74, 6) is 1.68. The Labute approximate surface area is 145 Å². The molecule has 1 fully saturated rings. The first kappa shape index (κ1) is 17.3. The van der Waals surface area contributed by atoms with Crippen LogP contribution in [-0.4, -0.2) is 19.1 Å². The van der Waals surface area contributed by atoms with Crippen molar-refractivity contribution in [3.05, 3.63) is 29.3 Å². The van der Waals surface area contributed by atoms with Crippen molar-refractivity contribution in [2.75, 3.05) is 13.2 Å². The van der Waals surface area contributed by atoms with Crippen molar-refractivity contribution in [3.8, 4) is 5.75 Å². The molecule has 3 rings (SSSR count). The maximum Gasteiger partial charge on any atom is 0.220 e. The van der Waals surface area contributed by atoms with Gasteiger partial charge in [0.2, 0.25) is 5.91 Å². The van der Waals surface area contributed by atoms with E-state index >= 15 is 0 Å². The average molecular weight is 330 g/mol. The zero-order valence-corrected chi connectivity index (χ0v) is 14.9. The van der Waals surface area contributed by atoms with Gasteiger partial charge in [-0.2, -0.15) is 0 Å². The summed E-state index contributed by atoms with van der Waals surface area (Å²) >= 11 is 0.